The highest BCUT2D eigenvalue weighted by Gasteiger charge is 2.42. The number of carbonyl (C=O) groups is 1. The minimum absolute atomic E-state index is 0.0739. The Morgan fingerprint density at radius 3 is 2.43 bits per heavy atom. The first-order valence-electron chi connectivity index (χ1n) is 7.95. The van der Waals surface area contributed by atoms with Crippen LogP contribution in [0.3, 0.4) is 0 Å². The van der Waals surface area contributed by atoms with Gasteiger partial charge in [0.25, 0.3) is 0 Å². The molecule has 3 nitrogen and oxygen atoms in total. The minimum Gasteiger partial charge on any atom is -0.354 e. The first-order chi connectivity index (χ1) is 9.88. The van der Waals surface area contributed by atoms with E-state index in [1.807, 2.05) is 0 Å². The molecule has 0 bridgehead atoms. The molecule has 1 aliphatic heterocycles. The molecule has 0 aromatic heterocycles. The van der Waals surface area contributed by atoms with E-state index < -0.39 is 12.1 Å². The highest BCUT2D eigenvalue weighted by Crippen LogP contribution is 2.39. The van der Waals surface area contributed by atoms with Gasteiger partial charge in [0.05, 0.1) is 5.92 Å². The molecule has 1 aliphatic carbocycles. The van der Waals surface area contributed by atoms with Gasteiger partial charge in [-0.15, -0.1) is 0 Å². The maximum absolute atomic E-state index is 12.6. The average Bonchev–Trinajstić information content (AvgIpc) is 2.45. The van der Waals surface area contributed by atoms with Crippen LogP contribution in [-0.2, 0) is 4.79 Å². The number of hydrogen-bond acceptors (Lipinski definition) is 2. The molecule has 2 atom stereocenters. The van der Waals surface area contributed by atoms with Crippen molar-refractivity contribution in [2.24, 2.45) is 17.8 Å². The molecule has 1 heterocycles. The van der Waals surface area contributed by atoms with Crippen molar-refractivity contribution in [3.05, 3.63) is 0 Å². The van der Waals surface area contributed by atoms with Gasteiger partial charge in [-0.2, -0.15) is 13.2 Å². The molecule has 122 valence electrons. The van der Waals surface area contributed by atoms with E-state index in [2.05, 4.69) is 17.6 Å². The Hall–Kier alpha value is -0.780. The van der Waals surface area contributed by atoms with Gasteiger partial charge in [-0.1, -0.05) is 6.92 Å². The van der Waals surface area contributed by atoms with Gasteiger partial charge in [0.15, 0.2) is 0 Å². The summed E-state index contributed by atoms with van der Waals surface area (Å²) in [7, 11) is 0. The van der Waals surface area contributed by atoms with Crippen molar-refractivity contribution in [3.63, 3.8) is 0 Å². The van der Waals surface area contributed by atoms with Crippen LogP contribution in [0.15, 0.2) is 0 Å². The van der Waals surface area contributed by atoms with Crippen LogP contribution in [0.2, 0.25) is 0 Å². The summed E-state index contributed by atoms with van der Waals surface area (Å²) in [5.41, 5.74) is 0. The van der Waals surface area contributed by atoms with Gasteiger partial charge in [0.2, 0.25) is 5.91 Å². The normalized spacial score (nSPS) is 34.5. The zero-order chi connectivity index (χ0) is 15.5. The second-order valence-corrected chi connectivity index (χ2v) is 6.52. The summed E-state index contributed by atoms with van der Waals surface area (Å²) in [4.78, 5) is 12.1. The van der Waals surface area contributed by atoms with Crippen molar-refractivity contribution in [1.82, 2.24) is 10.6 Å². The predicted octanol–water partition coefficient (Wildman–Crippen LogP) is 2.86. The number of hydrogen-bond donors (Lipinski definition) is 2. The summed E-state index contributed by atoms with van der Waals surface area (Å²) >= 11 is 0. The highest BCUT2D eigenvalue weighted by atomic mass is 19.4. The van der Waals surface area contributed by atoms with Crippen LogP contribution in [0.25, 0.3) is 0 Å². The van der Waals surface area contributed by atoms with Crippen LogP contribution in [0.5, 0.6) is 0 Å². The molecule has 2 unspecified atom stereocenters. The third-order valence-corrected chi connectivity index (χ3v) is 4.99. The van der Waals surface area contributed by atoms with Crippen LogP contribution in [0.4, 0.5) is 13.2 Å². The number of piperidine rings is 1. The van der Waals surface area contributed by atoms with Gasteiger partial charge in [-0.05, 0) is 51.0 Å². The van der Waals surface area contributed by atoms with E-state index >= 15 is 0 Å². The van der Waals surface area contributed by atoms with Crippen molar-refractivity contribution in [1.29, 1.82) is 0 Å². The molecule has 2 fully saturated rings. The summed E-state index contributed by atoms with van der Waals surface area (Å²) in [5, 5.41) is 6.31. The lowest BCUT2D eigenvalue weighted by molar-refractivity contribution is -0.184. The van der Waals surface area contributed by atoms with Crippen molar-refractivity contribution in [2.75, 3.05) is 13.1 Å². The van der Waals surface area contributed by atoms with E-state index in [1.54, 1.807) is 0 Å². The van der Waals surface area contributed by atoms with Crippen LogP contribution in [-0.4, -0.2) is 31.2 Å². The Kier molecular flexibility index (Phi) is 5.52. The molecule has 0 spiro atoms. The lowest BCUT2D eigenvalue weighted by atomic mass is 9.81. The molecule has 2 aliphatic rings. The molecule has 2 N–H and O–H groups in total. The summed E-state index contributed by atoms with van der Waals surface area (Å²) in [5.74, 6) is -1.01. The largest absolute Gasteiger partial charge is 0.391 e. The molecule has 1 saturated heterocycles. The number of nitrogens with one attached hydrogen (secondary N) is 2. The van der Waals surface area contributed by atoms with Crippen molar-refractivity contribution in [3.8, 4) is 0 Å². The molecular weight excluding hydrogens is 281 g/mol. The van der Waals surface area contributed by atoms with Crippen LogP contribution < -0.4 is 10.6 Å². The first-order valence-corrected chi connectivity index (χ1v) is 7.95. The number of rotatable bonds is 3. The molecule has 0 aromatic carbocycles. The molecule has 6 heteroatoms. The lowest BCUT2D eigenvalue weighted by Crippen LogP contribution is -2.49. The second kappa shape index (κ2) is 6.99. The maximum atomic E-state index is 12.6. The molecule has 0 radical (unpaired) electrons. The Morgan fingerprint density at radius 1 is 1.19 bits per heavy atom. The SMILES string of the molecule is CC1CCCNC1CNC(=O)C1CCC(C(F)(F)F)CC1. The molecule has 1 amide bonds. The van der Waals surface area contributed by atoms with Gasteiger partial charge in [-0.25, -0.2) is 0 Å². The van der Waals surface area contributed by atoms with Crippen LogP contribution in [0, 0.1) is 17.8 Å². The lowest BCUT2D eigenvalue weighted by Gasteiger charge is -2.32. The monoisotopic (exact) mass is 306 g/mol. The highest BCUT2D eigenvalue weighted by molar-refractivity contribution is 5.78. The summed E-state index contributed by atoms with van der Waals surface area (Å²) in [6.07, 6.45) is -0.924. The summed E-state index contributed by atoms with van der Waals surface area (Å²) in [6, 6.07) is 0.286. The predicted molar refractivity (Wildman–Crippen MR) is 74.7 cm³/mol. The van der Waals surface area contributed by atoms with Gasteiger partial charge in [-0.3, -0.25) is 4.79 Å². The Balaban J connectivity index is 1.72. The van der Waals surface area contributed by atoms with Gasteiger partial charge in [0.1, 0.15) is 0 Å². The quantitative estimate of drug-likeness (QED) is 0.842. The molecule has 21 heavy (non-hydrogen) atoms. The van der Waals surface area contributed by atoms with Crippen LogP contribution in [0.1, 0.15) is 45.4 Å². The van der Waals surface area contributed by atoms with Gasteiger partial charge in [0, 0.05) is 18.5 Å². The summed E-state index contributed by atoms with van der Waals surface area (Å²) < 4.78 is 37.8. The minimum atomic E-state index is -4.11. The smallest absolute Gasteiger partial charge is 0.354 e. The molecule has 2 rings (SSSR count). The van der Waals surface area contributed by atoms with E-state index in [0.717, 1.165) is 19.4 Å². The fraction of sp³-hybridized carbons (Fsp3) is 0.933. The van der Waals surface area contributed by atoms with Crippen molar-refractivity contribution in [2.45, 2.75) is 57.7 Å². The van der Waals surface area contributed by atoms with Crippen molar-refractivity contribution < 1.29 is 18.0 Å². The third-order valence-electron chi connectivity index (χ3n) is 4.99. The van der Waals surface area contributed by atoms with E-state index in [4.69, 9.17) is 0 Å². The van der Waals surface area contributed by atoms with Gasteiger partial charge >= 0.3 is 6.18 Å². The molecule has 0 aromatic rings. The average molecular weight is 306 g/mol. The number of halogens is 3. The topological polar surface area (TPSA) is 41.1 Å². The zero-order valence-corrected chi connectivity index (χ0v) is 12.5. The second-order valence-electron chi connectivity index (χ2n) is 6.52. The van der Waals surface area contributed by atoms with E-state index in [-0.39, 0.29) is 30.7 Å². The van der Waals surface area contributed by atoms with Crippen LogP contribution >= 0.6 is 0 Å². The third kappa shape index (κ3) is 4.59. The maximum Gasteiger partial charge on any atom is 0.391 e. The van der Waals surface area contributed by atoms with E-state index in [9.17, 15) is 18.0 Å². The number of amides is 1. The van der Waals surface area contributed by atoms with Crippen molar-refractivity contribution >= 4 is 5.91 Å². The molecular formula is C15H25F3N2O. The Labute approximate surface area is 124 Å². The van der Waals surface area contributed by atoms with E-state index in [0.29, 0.717) is 25.3 Å². The number of alkyl halides is 3. The molecule has 1 saturated carbocycles. The van der Waals surface area contributed by atoms with E-state index in [1.165, 1.54) is 0 Å². The zero-order valence-electron chi connectivity index (χ0n) is 12.5. The Morgan fingerprint density at radius 2 is 1.86 bits per heavy atom. The fourth-order valence-electron chi connectivity index (χ4n) is 3.43. The number of carbonyl (C=O) groups excluding carboxylic acids is 1. The summed E-state index contributed by atoms with van der Waals surface area (Å²) in [6.45, 7) is 3.72. The fourth-order valence-corrected chi connectivity index (χ4v) is 3.43. The first kappa shape index (κ1) is 16.6. The standard InChI is InChI=1S/C15H25F3N2O/c1-10-3-2-8-19-13(10)9-20-14(21)11-4-6-12(7-5-11)15(16,17)18/h10-13,19H,2-9H2,1H3,(H,20,21). The van der Waals surface area contributed by atoms with Gasteiger partial charge < -0.3 is 10.6 Å². The Bertz CT molecular complexity index is 351.